The smallest absolute Gasteiger partial charge is 0.166 e. The van der Waals surface area contributed by atoms with Gasteiger partial charge in [-0.3, -0.25) is 0 Å². The van der Waals surface area contributed by atoms with Crippen LogP contribution in [-0.4, -0.2) is 25.6 Å². The number of anilines is 1. The fourth-order valence-corrected chi connectivity index (χ4v) is 3.61. The average Bonchev–Trinajstić information content (AvgIpc) is 3.29. The van der Waals surface area contributed by atoms with Crippen LogP contribution < -0.4 is 5.32 Å². The molecule has 6 heteroatoms. The van der Waals surface area contributed by atoms with Gasteiger partial charge in [0, 0.05) is 17.0 Å². The van der Waals surface area contributed by atoms with Crippen molar-refractivity contribution < 1.29 is 0 Å². The van der Waals surface area contributed by atoms with Gasteiger partial charge in [-0.25, -0.2) is 15.0 Å². The summed E-state index contributed by atoms with van der Waals surface area (Å²) < 4.78 is 2.07. The minimum atomic E-state index is 0.283. The normalized spacial score (nSPS) is 15.2. The summed E-state index contributed by atoms with van der Waals surface area (Å²) in [5.74, 6) is 2.90. The topological polar surface area (TPSA) is 55.6 Å². The van der Waals surface area contributed by atoms with Crippen LogP contribution in [0.3, 0.4) is 0 Å². The number of benzene rings is 1. The van der Waals surface area contributed by atoms with Gasteiger partial charge in [-0.1, -0.05) is 50.4 Å². The van der Waals surface area contributed by atoms with Crippen molar-refractivity contribution in [3.63, 3.8) is 0 Å². The molecule has 4 rings (SSSR count). The zero-order chi connectivity index (χ0) is 18.1. The first-order chi connectivity index (χ1) is 12.6. The van der Waals surface area contributed by atoms with Gasteiger partial charge >= 0.3 is 0 Å². The van der Waals surface area contributed by atoms with Crippen molar-refractivity contribution in [2.24, 2.45) is 0 Å². The molecule has 1 aromatic rings. The molecular formula is C20H24ClN5. The Balaban J connectivity index is 1.69. The van der Waals surface area contributed by atoms with Crippen LogP contribution in [0.2, 0.25) is 5.02 Å². The largest absolute Gasteiger partial charge is 0.365 e. The molecule has 5 nitrogen and oxygen atoms in total. The number of halogens is 1. The average molecular weight is 370 g/mol. The summed E-state index contributed by atoms with van der Waals surface area (Å²) in [4.78, 5) is 14.3. The van der Waals surface area contributed by atoms with E-state index in [0.717, 1.165) is 33.7 Å². The first kappa shape index (κ1) is 17.3. The predicted molar refractivity (Wildman–Crippen MR) is 105 cm³/mol. The van der Waals surface area contributed by atoms with E-state index >= 15 is 0 Å². The fourth-order valence-electron chi connectivity index (χ4n) is 3.48. The molecular weight excluding hydrogens is 346 g/mol. The minimum Gasteiger partial charge on any atom is -0.365 e. The van der Waals surface area contributed by atoms with Crippen LogP contribution >= 0.6 is 11.6 Å². The van der Waals surface area contributed by atoms with Crippen molar-refractivity contribution in [1.82, 2.24) is 19.5 Å². The standard InChI is InChI=1S/C20H24ClN5/c1-13(2)18-24-17-19(23-16-5-3-4-6-16)22-12-26(20(17)25-18)11-14-7-9-15(21)10-8-14/h7-10,12-13,16,23H,3-6,11H2,1-2H3. The van der Waals surface area contributed by atoms with Gasteiger partial charge in [0.15, 0.2) is 17.3 Å². The van der Waals surface area contributed by atoms with Crippen molar-refractivity contribution in [3.8, 4) is 11.5 Å². The highest BCUT2D eigenvalue weighted by Gasteiger charge is 2.24. The number of fused-ring (bicyclic) bond motifs is 1. The van der Waals surface area contributed by atoms with Crippen molar-refractivity contribution in [1.29, 1.82) is 0 Å². The summed E-state index contributed by atoms with van der Waals surface area (Å²) in [6, 6.07) is 8.39. The van der Waals surface area contributed by atoms with E-state index in [1.807, 2.05) is 30.6 Å². The van der Waals surface area contributed by atoms with Gasteiger partial charge in [0.25, 0.3) is 0 Å². The third-order valence-electron chi connectivity index (χ3n) is 4.96. The Bertz CT molecular complexity index is 849. The number of rotatable bonds is 5. The maximum Gasteiger partial charge on any atom is 0.166 e. The quantitative estimate of drug-likeness (QED) is 0.690. The zero-order valence-corrected chi connectivity index (χ0v) is 16.0. The van der Waals surface area contributed by atoms with Crippen molar-refractivity contribution in [2.75, 3.05) is 5.32 Å². The number of hydrogen-bond donors (Lipinski definition) is 1. The molecule has 1 aliphatic carbocycles. The van der Waals surface area contributed by atoms with Gasteiger partial charge in [0.1, 0.15) is 5.82 Å². The molecule has 0 radical (unpaired) electrons. The summed E-state index contributed by atoms with van der Waals surface area (Å²) in [5, 5.41) is 4.33. The lowest BCUT2D eigenvalue weighted by Gasteiger charge is -2.17. The lowest BCUT2D eigenvalue weighted by Crippen LogP contribution is -2.18. The summed E-state index contributed by atoms with van der Waals surface area (Å²) in [5.41, 5.74) is 2.03. The van der Waals surface area contributed by atoms with Crippen LogP contribution in [0.1, 0.15) is 56.8 Å². The molecule has 0 atom stereocenters. The first-order valence-corrected chi connectivity index (χ1v) is 9.71. The molecule has 0 spiro atoms. The Morgan fingerprint density at radius 1 is 1.15 bits per heavy atom. The van der Waals surface area contributed by atoms with Gasteiger partial charge in [-0.2, -0.15) is 0 Å². The van der Waals surface area contributed by atoms with Gasteiger partial charge in [-0.05, 0) is 30.5 Å². The molecule has 1 saturated carbocycles. The summed E-state index contributed by atoms with van der Waals surface area (Å²) in [6.07, 6.45) is 6.84. The molecule has 1 N–H and O–H groups in total. The molecule has 1 fully saturated rings. The monoisotopic (exact) mass is 369 g/mol. The van der Waals surface area contributed by atoms with Crippen LogP contribution in [0, 0.1) is 0 Å². The van der Waals surface area contributed by atoms with Crippen LogP contribution in [0.15, 0.2) is 30.6 Å². The zero-order valence-electron chi connectivity index (χ0n) is 15.2. The highest BCUT2D eigenvalue weighted by Crippen LogP contribution is 2.31. The van der Waals surface area contributed by atoms with Gasteiger partial charge in [-0.15, -0.1) is 0 Å². The van der Waals surface area contributed by atoms with E-state index in [1.165, 1.54) is 25.7 Å². The van der Waals surface area contributed by atoms with Gasteiger partial charge < -0.3 is 9.88 Å². The lowest BCUT2D eigenvalue weighted by atomic mass is 10.2. The van der Waals surface area contributed by atoms with Crippen LogP contribution in [-0.2, 0) is 6.54 Å². The van der Waals surface area contributed by atoms with Gasteiger partial charge in [0.2, 0.25) is 0 Å². The molecule has 2 aliphatic heterocycles. The first-order valence-electron chi connectivity index (χ1n) is 9.34. The Labute approximate surface area is 159 Å². The number of nitrogens with one attached hydrogen (secondary N) is 1. The Morgan fingerprint density at radius 2 is 1.88 bits per heavy atom. The maximum absolute atomic E-state index is 6.00. The second kappa shape index (κ2) is 7.23. The van der Waals surface area contributed by atoms with E-state index in [4.69, 9.17) is 21.6 Å². The maximum atomic E-state index is 6.00. The molecule has 2 heterocycles. The molecule has 0 saturated heterocycles. The van der Waals surface area contributed by atoms with E-state index in [-0.39, 0.29) is 5.92 Å². The molecule has 0 unspecified atom stereocenters. The second-order valence-electron chi connectivity index (χ2n) is 7.38. The summed E-state index contributed by atoms with van der Waals surface area (Å²) in [7, 11) is 0. The van der Waals surface area contributed by atoms with Gasteiger partial charge in [0.05, 0.1) is 12.9 Å². The number of hydrogen-bond acceptors (Lipinski definition) is 4. The highest BCUT2D eigenvalue weighted by atomic mass is 35.5. The molecule has 0 aromatic heterocycles. The minimum absolute atomic E-state index is 0.283. The van der Waals surface area contributed by atoms with E-state index in [9.17, 15) is 0 Å². The van der Waals surface area contributed by atoms with Crippen LogP contribution in [0.4, 0.5) is 5.82 Å². The molecule has 136 valence electrons. The molecule has 26 heavy (non-hydrogen) atoms. The Morgan fingerprint density at radius 3 is 2.58 bits per heavy atom. The third-order valence-corrected chi connectivity index (χ3v) is 5.21. The number of nitrogens with zero attached hydrogens (tertiary/aromatic N) is 4. The van der Waals surface area contributed by atoms with E-state index in [1.54, 1.807) is 0 Å². The predicted octanol–water partition coefficient (Wildman–Crippen LogP) is 4.96. The SMILES string of the molecule is CC(C)c1nc2c(NC3CCCC3)ncn(Cc3ccc(Cl)cc3)c-2n1. The molecule has 1 aromatic carbocycles. The Hall–Kier alpha value is -2.14. The third kappa shape index (κ3) is 3.54. The van der Waals surface area contributed by atoms with E-state index in [0.29, 0.717) is 12.6 Å². The Kier molecular flexibility index (Phi) is 4.81. The summed E-state index contributed by atoms with van der Waals surface area (Å²) in [6.45, 7) is 4.94. The van der Waals surface area contributed by atoms with Crippen LogP contribution in [0.25, 0.3) is 11.5 Å². The van der Waals surface area contributed by atoms with Crippen molar-refractivity contribution in [2.45, 2.75) is 58.0 Å². The van der Waals surface area contributed by atoms with E-state index in [2.05, 4.69) is 28.7 Å². The highest BCUT2D eigenvalue weighted by molar-refractivity contribution is 6.30. The molecule has 0 bridgehead atoms. The van der Waals surface area contributed by atoms with Crippen LogP contribution in [0.5, 0.6) is 0 Å². The lowest BCUT2D eigenvalue weighted by molar-refractivity contribution is 0.731. The molecule has 0 amide bonds. The van der Waals surface area contributed by atoms with E-state index < -0.39 is 0 Å². The number of imidazole rings is 1. The van der Waals surface area contributed by atoms with Crippen molar-refractivity contribution >= 4 is 17.4 Å². The van der Waals surface area contributed by atoms with Crippen molar-refractivity contribution in [3.05, 3.63) is 47.0 Å². The second-order valence-corrected chi connectivity index (χ2v) is 7.82. The summed E-state index contributed by atoms with van der Waals surface area (Å²) >= 11 is 6.00. The fraction of sp³-hybridized carbons (Fsp3) is 0.450. The number of aromatic nitrogens is 4. The molecule has 3 aliphatic rings.